The second-order valence-corrected chi connectivity index (χ2v) is 13.0. The van der Waals surface area contributed by atoms with Gasteiger partial charge in [-0.1, -0.05) is 24.9 Å². The van der Waals surface area contributed by atoms with Crippen molar-refractivity contribution in [2.24, 2.45) is 5.41 Å². The van der Waals surface area contributed by atoms with Crippen molar-refractivity contribution in [1.29, 1.82) is 0 Å². The van der Waals surface area contributed by atoms with Gasteiger partial charge in [0.2, 0.25) is 15.9 Å². The van der Waals surface area contributed by atoms with E-state index in [4.69, 9.17) is 11.6 Å². The minimum atomic E-state index is -3.66. The molecule has 8 heteroatoms. The van der Waals surface area contributed by atoms with Crippen LogP contribution < -0.4 is 5.32 Å². The number of likely N-dealkylation sites (tertiary alicyclic amines) is 1. The molecule has 1 spiro atoms. The zero-order valence-electron chi connectivity index (χ0n) is 19.6. The van der Waals surface area contributed by atoms with Gasteiger partial charge in [-0.2, -0.15) is 4.31 Å². The van der Waals surface area contributed by atoms with Crippen LogP contribution in [0.4, 0.5) is 0 Å². The molecule has 1 saturated carbocycles. The van der Waals surface area contributed by atoms with Gasteiger partial charge in [-0.3, -0.25) is 4.79 Å². The Labute approximate surface area is 203 Å². The highest BCUT2D eigenvalue weighted by Gasteiger charge is 2.57. The first-order valence-corrected chi connectivity index (χ1v) is 14.4. The molecule has 0 unspecified atom stereocenters. The molecule has 2 atom stereocenters. The lowest BCUT2D eigenvalue weighted by Gasteiger charge is -2.49. The molecule has 0 radical (unpaired) electrons. The molecule has 4 fully saturated rings. The Morgan fingerprint density at radius 1 is 1.09 bits per heavy atom. The Kier molecular flexibility index (Phi) is 6.30. The van der Waals surface area contributed by atoms with Gasteiger partial charge in [0.1, 0.15) is 0 Å². The quantitative estimate of drug-likeness (QED) is 0.645. The highest BCUT2D eigenvalue weighted by atomic mass is 35.5. The number of hydrogen-bond donors (Lipinski definition) is 1. The van der Waals surface area contributed by atoms with Gasteiger partial charge in [0.15, 0.2) is 0 Å². The number of hydrogen-bond acceptors (Lipinski definition) is 4. The van der Waals surface area contributed by atoms with E-state index in [0.29, 0.717) is 16.3 Å². The number of benzene rings is 1. The van der Waals surface area contributed by atoms with Gasteiger partial charge < -0.3 is 10.2 Å². The topological polar surface area (TPSA) is 69.7 Å². The van der Waals surface area contributed by atoms with Crippen molar-refractivity contribution in [1.82, 2.24) is 14.5 Å². The Morgan fingerprint density at radius 2 is 1.76 bits per heavy atom. The molecule has 1 aromatic rings. The lowest BCUT2D eigenvalue weighted by Crippen LogP contribution is -2.62. The van der Waals surface area contributed by atoms with Crippen molar-refractivity contribution in [3.05, 3.63) is 29.3 Å². The van der Waals surface area contributed by atoms with Crippen LogP contribution in [0, 0.1) is 5.41 Å². The summed E-state index contributed by atoms with van der Waals surface area (Å²) >= 11 is 6.02. The van der Waals surface area contributed by atoms with Gasteiger partial charge in [0.05, 0.1) is 4.90 Å². The summed E-state index contributed by atoms with van der Waals surface area (Å²) in [4.78, 5) is 15.7. The van der Waals surface area contributed by atoms with Gasteiger partial charge in [0, 0.05) is 42.2 Å². The van der Waals surface area contributed by atoms with Crippen LogP contribution in [0.3, 0.4) is 0 Å². The summed E-state index contributed by atoms with van der Waals surface area (Å²) in [7, 11) is -3.66. The molecule has 0 bridgehead atoms. The van der Waals surface area contributed by atoms with Crippen LogP contribution in [0.2, 0.25) is 5.02 Å². The van der Waals surface area contributed by atoms with Gasteiger partial charge in [-0.15, -0.1) is 0 Å². The molecule has 3 aliphatic heterocycles. The van der Waals surface area contributed by atoms with Gasteiger partial charge in [-0.25, -0.2) is 8.42 Å². The third kappa shape index (κ3) is 4.35. The normalized spacial score (nSPS) is 29.0. The summed E-state index contributed by atoms with van der Waals surface area (Å²) in [6.07, 6.45) is 9.15. The van der Waals surface area contributed by atoms with Crippen molar-refractivity contribution in [3.63, 3.8) is 0 Å². The van der Waals surface area contributed by atoms with E-state index in [1.807, 2.05) is 4.90 Å². The number of carbonyl (C=O) groups is 1. The summed E-state index contributed by atoms with van der Waals surface area (Å²) in [5.41, 5.74) is 0.0590. The average molecular weight is 494 g/mol. The van der Waals surface area contributed by atoms with Crippen molar-refractivity contribution < 1.29 is 13.2 Å². The average Bonchev–Trinajstić information content (AvgIpc) is 3.58. The minimum absolute atomic E-state index is 0.0171. The Hall–Kier alpha value is -1.15. The number of nitrogens with zero attached hydrogens (tertiary/aromatic N) is 2. The lowest BCUT2D eigenvalue weighted by atomic mass is 9.78. The minimum Gasteiger partial charge on any atom is -0.343 e. The van der Waals surface area contributed by atoms with E-state index in [0.717, 1.165) is 71.0 Å². The summed E-state index contributed by atoms with van der Waals surface area (Å²) in [6.45, 7) is 4.80. The number of nitrogens with one attached hydrogen (secondary N) is 1. The third-order valence-corrected chi connectivity index (χ3v) is 11.0. The Balaban J connectivity index is 1.35. The standard InChI is InChI=1S/C25H36ClN3O3S/c1-2-20-4-3-5-22(29(20)33(31,32)21-8-6-19(26)7-9-21)24(10-11-24)18-23(30)28-16-13-25(14-17-28)12-15-27-25/h6-9,20,22,27H,2-5,10-18H2,1H3/t20-,22-/m1/s1. The van der Waals surface area contributed by atoms with Crippen molar-refractivity contribution in [3.8, 4) is 0 Å². The Bertz CT molecular complexity index is 979. The summed E-state index contributed by atoms with van der Waals surface area (Å²) < 4.78 is 29.5. The maximum atomic E-state index is 13.8. The third-order valence-electron chi connectivity index (χ3n) is 8.82. The molecule has 1 aliphatic carbocycles. The smallest absolute Gasteiger partial charge is 0.243 e. The Morgan fingerprint density at radius 3 is 2.30 bits per heavy atom. The number of piperidine rings is 2. The van der Waals surface area contributed by atoms with Crippen LogP contribution in [-0.4, -0.2) is 60.8 Å². The monoisotopic (exact) mass is 493 g/mol. The zero-order valence-corrected chi connectivity index (χ0v) is 21.1. The second-order valence-electron chi connectivity index (χ2n) is 10.7. The molecule has 3 saturated heterocycles. The molecule has 4 aliphatic rings. The molecule has 1 amide bonds. The van der Waals surface area contributed by atoms with Crippen LogP contribution >= 0.6 is 11.6 Å². The number of rotatable bonds is 6. The number of halogens is 1. The molecule has 1 aromatic carbocycles. The van der Waals surface area contributed by atoms with Gasteiger partial charge in [-0.05, 0) is 87.6 Å². The van der Waals surface area contributed by atoms with E-state index in [-0.39, 0.29) is 28.9 Å². The molecule has 33 heavy (non-hydrogen) atoms. The number of sulfonamides is 1. The van der Waals surface area contributed by atoms with E-state index in [2.05, 4.69) is 12.2 Å². The second kappa shape index (κ2) is 8.81. The highest BCUT2D eigenvalue weighted by molar-refractivity contribution is 7.89. The molecule has 6 nitrogen and oxygen atoms in total. The predicted octanol–water partition coefficient (Wildman–Crippen LogP) is 4.19. The highest BCUT2D eigenvalue weighted by Crippen LogP contribution is 2.57. The lowest BCUT2D eigenvalue weighted by molar-refractivity contribution is -0.135. The number of carbonyl (C=O) groups excluding carboxylic acids is 1. The SMILES string of the molecule is CC[C@@H]1CCC[C@H](C2(CC(=O)N3CCC4(CCN4)CC3)CC2)N1S(=O)(=O)c1ccc(Cl)cc1. The van der Waals surface area contributed by atoms with Crippen LogP contribution in [-0.2, 0) is 14.8 Å². The summed E-state index contributed by atoms with van der Waals surface area (Å²) in [5, 5.41) is 4.09. The summed E-state index contributed by atoms with van der Waals surface area (Å²) in [5.74, 6) is 0.212. The predicted molar refractivity (Wildman–Crippen MR) is 130 cm³/mol. The van der Waals surface area contributed by atoms with E-state index in [1.54, 1.807) is 28.6 Å². The molecule has 5 rings (SSSR count). The molecule has 1 N–H and O–H groups in total. The molecule has 0 aromatic heterocycles. The fraction of sp³-hybridized carbons (Fsp3) is 0.720. The van der Waals surface area contributed by atoms with E-state index >= 15 is 0 Å². The van der Waals surface area contributed by atoms with E-state index in [1.165, 1.54) is 6.42 Å². The van der Waals surface area contributed by atoms with E-state index < -0.39 is 10.0 Å². The van der Waals surface area contributed by atoms with Crippen molar-refractivity contribution in [2.45, 2.75) is 93.7 Å². The number of amides is 1. The maximum absolute atomic E-state index is 13.8. The zero-order chi connectivity index (χ0) is 23.3. The first-order valence-electron chi connectivity index (χ1n) is 12.6. The fourth-order valence-electron chi connectivity index (χ4n) is 6.40. The molecule has 182 valence electrons. The van der Waals surface area contributed by atoms with Crippen LogP contribution in [0.5, 0.6) is 0 Å². The first kappa shape index (κ1) is 23.6. The van der Waals surface area contributed by atoms with Gasteiger partial charge >= 0.3 is 0 Å². The fourth-order valence-corrected chi connectivity index (χ4v) is 8.56. The molecular weight excluding hydrogens is 458 g/mol. The van der Waals surface area contributed by atoms with Crippen LogP contribution in [0.25, 0.3) is 0 Å². The maximum Gasteiger partial charge on any atom is 0.243 e. The largest absolute Gasteiger partial charge is 0.343 e. The van der Waals surface area contributed by atoms with Crippen molar-refractivity contribution in [2.75, 3.05) is 19.6 Å². The molecular formula is C25H36ClN3O3S. The van der Waals surface area contributed by atoms with Crippen LogP contribution in [0.1, 0.15) is 71.1 Å². The van der Waals surface area contributed by atoms with Crippen LogP contribution in [0.15, 0.2) is 29.2 Å². The molecule has 3 heterocycles. The summed E-state index contributed by atoms with van der Waals surface area (Å²) in [6, 6.07) is 6.38. The van der Waals surface area contributed by atoms with Crippen molar-refractivity contribution >= 4 is 27.5 Å². The van der Waals surface area contributed by atoms with Gasteiger partial charge in [0.25, 0.3) is 0 Å². The first-order chi connectivity index (χ1) is 15.8. The van der Waals surface area contributed by atoms with E-state index in [9.17, 15) is 13.2 Å².